The molecule has 2 atom stereocenters. The summed E-state index contributed by atoms with van der Waals surface area (Å²) in [6.07, 6.45) is 0.542. The number of hydrogen-bond donors (Lipinski definition) is 2. The van der Waals surface area contributed by atoms with Crippen LogP contribution in [0, 0.1) is 4.91 Å². The Kier molecular flexibility index (Phi) is 5.02. The highest BCUT2D eigenvalue weighted by molar-refractivity contribution is 6.33. The maximum atomic E-state index is 12.8. The van der Waals surface area contributed by atoms with Crippen LogP contribution in [-0.4, -0.2) is 41.3 Å². The molecule has 0 amide bonds. The molecule has 7 nitrogen and oxygen atoms in total. The summed E-state index contributed by atoms with van der Waals surface area (Å²) in [6, 6.07) is 8.65. The highest BCUT2D eigenvalue weighted by Crippen LogP contribution is 2.43. The number of hydrogen-bond acceptors (Lipinski definition) is 7. The molecule has 0 aliphatic carbocycles. The van der Waals surface area contributed by atoms with Crippen LogP contribution in [0.1, 0.15) is 17.9 Å². The van der Waals surface area contributed by atoms with Crippen LogP contribution in [0.15, 0.2) is 50.8 Å². The van der Waals surface area contributed by atoms with Gasteiger partial charge in [0.1, 0.15) is 34.3 Å². The Hall–Kier alpha value is -2.90. The van der Waals surface area contributed by atoms with Gasteiger partial charge in [0.25, 0.3) is 0 Å². The molecule has 0 radical (unpaired) electrons. The highest BCUT2D eigenvalue weighted by Gasteiger charge is 2.35. The fourth-order valence-electron chi connectivity index (χ4n) is 4.01. The molecule has 0 unspecified atom stereocenters. The van der Waals surface area contributed by atoms with Gasteiger partial charge in [0, 0.05) is 35.7 Å². The van der Waals surface area contributed by atoms with E-state index in [-0.39, 0.29) is 28.2 Å². The van der Waals surface area contributed by atoms with Gasteiger partial charge in [0.15, 0.2) is 5.43 Å². The van der Waals surface area contributed by atoms with Crippen LogP contribution >= 0.6 is 11.6 Å². The molecule has 1 fully saturated rings. The first-order chi connectivity index (χ1) is 13.9. The number of aromatic hydroxyl groups is 2. The number of fused-ring (bicyclic) bond motifs is 1. The molecular weight excluding hydrogens is 396 g/mol. The number of rotatable bonds is 3. The van der Waals surface area contributed by atoms with Gasteiger partial charge in [-0.15, -0.1) is 0 Å². The van der Waals surface area contributed by atoms with Crippen molar-refractivity contribution in [2.75, 3.05) is 20.1 Å². The van der Waals surface area contributed by atoms with E-state index >= 15 is 0 Å². The zero-order valence-electron chi connectivity index (χ0n) is 15.6. The number of benzene rings is 2. The van der Waals surface area contributed by atoms with Gasteiger partial charge < -0.3 is 19.5 Å². The Morgan fingerprint density at radius 2 is 1.97 bits per heavy atom. The van der Waals surface area contributed by atoms with Crippen molar-refractivity contribution in [2.45, 2.75) is 18.4 Å². The van der Waals surface area contributed by atoms with Gasteiger partial charge in [0.05, 0.1) is 5.02 Å². The lowest BCUT2D eigenvalue weighted by Crippen LogP contribution is -2.39. The Bertz CT molecular complexity index is 1160. The number of phenols is 2. The number of halogens is 1. The third-order valence-electron chi connectivity index (χ3n) is 5.43. The third-order valence-corrected chi connectivity index (χ3v) is 5.76. The van der Waals surface area contributed by atoms with Crippen molar-refractivity contribution in [1.82, 2.24) is 4.90 Å². The molecule has 1 aliphatic rings. The molecule has 1 aliphatic heterocycles. The van der Waals surface area contributed by atoms with Crippen LogP contribution in [0.3, 0.4) is 0 Å². The van der Waals surface area contributed by atoms with Gasteiger partial charge in [-0.3, -0.25) is 4.79 Å². The largest absolute Gasteiger partial charge is 0.507 e. The number of likely N-dealkylation sites (N-methyl/N-ethyl adjacent to an activating group) is 1. The number of piperidine rings is 1. The maximum Gasteiger partial charge on any atom is 0.197 e. The Morgan fingerprint density at radius 3 is 2.69 bits per heavy atom. The van der Waals surface area contributed by atoms with Crippen molar-refractivity contribution in [3.05, 3.63) is 62.1 Å². The topological polar surface area (TPSA) is 103 Å². The Labute approximate surface area is 171 Å². The molecule has 8 heteroatoms. The second kappa shape index (κ2) is 7.50. The van der Waals surface area contributed by atoms with Crippen LogP contribution in [0.5, 0.6) is 11.5 Å². The predicted octanol–water partition coefficient (Wildman–Crippen LogP) is 4.08. The molecule has 4 rings (SSSR count). The lowest BCUT2D eigenvalue weighted by molar-refractivity contribution is 0.226. The summed E-state index contributed by atoms with van der Waals surface area (Å²) in [5, 5.41) is 24.5. The molecule has 1 saturated heterocycles. The van der Waals surface area contributed by atoms with E-state index in [2.05, 4.69) is 5.18 Å². The van der Waals surface area contributed by atoms with Crippen molar-refractivity contribution in [2.24, 2.45) is 5.18 Å². The van der Waals surface area contributed by atoms with Crippen molar-refractivity contribution in [3.63, 3.8) is 0 Å². The van der Waals surface area contributed by atoms with Crippen LogP contribution in [-0.2, 0) is 0 Å². The molecule has 0 saturated carbocycles. The van der Waals surface area contributed by atoms with Crippen LogP contribution in [0.4, 0.5) is 0 Å². The fourth-order valence-corrected chi connectivity index (χ4v) is 4.24. The Morgan fingerprint density at radius 1 is 1.21 bits per heavy atom. The van der Waals surface area contributed by atoms with Crippen molar-refractivity contribution in [3.8, 4) is 22.8 Å². The monoisotopic (exact) mass is 414 g/mol. The van der Waals surface area contributed by atoms with Gasteiger partial charge in [-0.25, -0.2) is 0 Å². The van der Waals surface area contributed by atoms with Gasteiger partial charge in [-0.1, -0.05) is 28.9 Å². The fraction of sp³-hybridized carbons (Fsp3) is 0.286. The average molecular weight is 415 g/mol. The van der Waals surface area contributed by atoms with Crippen molar-refractivity contribution >= 4 is 22.6 Å². The minimum atomic E-state index is -0.623. The summed E-state index contributed by atoms with van der Waals surface area (Å²) < 4.78 is 6.01. The normalized spacial score (nSPS) is 20.1. The molecule has 1 aromatic heterocycles. The predicted molar refractivity (Wildman–Crippen MR) is 111 cm³/mol. The summed E-state index contributed by atoms with van der Waals surface area (Å²) in [5.41, 5.74) is 0.397. The van der Waals surface area contributed by atoms with Crippen LogP contribution < -0.4 is 5.43 Å². The van der Waals surface area contributed by atoms with E-state index in [1.54, 1.807) is 24.3 Å². The van der Waals surface area contributed by atoms with Crippen LogP contribution in [0.25, 0.3) is 22.3 Å². The molecule has 2 N–H and O–H groups in total. The second-order valence-corrected chi connectivity index (χ2v) is 7.72. The summed E-state index contributed by atoms with van der Waals surface area (Å²) in [7, 11) is 1.89. The lowest BCUT2D eigenvalue weighted by atomic mass is 9.84. The molecule has 3 aromatic rings. The lowest BCUT2D eigenvalue weighted by Gasteiger charge is -2.33. The quantitative estimate of drug-likeness (QED) is 0.626. The maximum absolute atomic E-state index is 12.8. The van der Waals surface area contributed by atoms with E-state index in [1.807, 2.05) is 11.9 Å². The number of nitrogens with zero attached hydrogens (tertiary/aromatic N) is 2. The van der Waals surface area contributed by atoms with E-state index in [1.165, 1.54) is 6.07 Å². The number of likely N-dealkylation sites (tertiary alicyclic amines) is 1. The SMILES string of the molecule is CN1CC[C@H](c2c(O)cc(O)c3c(=O)cc(-c4ccccc4Cl)oc23)[C@H](N=O)C1. The molecule has 29 heavy (non-hydrogen) atoms. The molecule has 150 valence electrons. The summed E-state index contributed by atoms with van der Waals surface area (Å²) in [5.74, 6) is -0.860. The van der Waals surface area contributed by atoms with E-state index in [0.717, 1.165) is 6.07 Å². The molecule has 2 heterocycles. The van der Waals surface area contributed by atoms with E-state index in [4.69, 9.17) is 16.0 Å². The third kappa shape index (κ3) is 3.36. The first-order valence-electron chi connectivity index (χ1n) is 9.19. The molecule has 0 spiro atoms. The zero-order valence-corrected chi connectivity index (χ0v) is 16.4. The molecule has 0 bridgehead atoms. The van der Waals surface area contributed by atoms with E-state index < -0.39 is 17.4 Å². The number of nitroso groups, excluding NO2 is 1. The zero-order chi connectivity index (χ0) is 20.7. The van der Waals surface area contributed by atoms with E-state index in [9.17, 15) is 19.9 Å². The average Bonchev–Trinajstić information content (AvgIpc) is 2.68. The molecule has 2 aromatic carbocycles. The first kappa shape index (κ1) is 19.4. The van der Waals surface area contributed by atoms with E-state index in [0.29, 0.717) is 35.7 Å². The van der Waals surface area contributed by atoms with Gasteiger partial charge >= 0.3 is 0 Å². The minimum Gasteiger partial charge on any atom is -0.507 e. The second-order valence-electron chi connectivity index (χ2n) is 7.32. The first-order valence-corrected chi connectivity index (χ1v) is 9.57. The van der Waals surface area contributed by atoms with Crippen LogP contribution in [0.2, 0.25) is 5.02 Å². The minimum absolute atomic E-state index is 0.0443. The summed E-state index contributed by atoms with van der Waals surface area (Å²) in [4.78, 5) is 26.3. The van der Waals surface area contributed by atoms with Gasteiger partial charge in [-0.2, -0.15) is 4.91 Å². The van der Waals surface area contributed by atoms with Gasteiger partial charge in [-0.05, 0) is 32.1 Å². The highest BCUT2D eigenvalue weighted by atomic mass is 35.5. The standard InChI is InChI=1S/C21H19ClN2O5/c1-24-7-6-12(14(10-24)23-28)19-15(25)8-16(26)20-17(27)9-18(29-21(19)20)11-4-2-3-5-13(11)22/h2-5,8-9,12,14,25-26H,6-7,10H2,1H3/t12-,14+/m0/s1. The Balaban J connectivity index is 2.01. The summed E-state index contributed by atoms with van der Waals surface area (Å²) in [6.45, 7) is 1.11. The van der Waals surface area contributed by atoms with Crippen molar-refractivity contribution < 1.29 is 14.6 Å². The van der Waals surface area contributed by atoms with Gasteiger partial charge in [0.2, 0.25) is 0 Å². The number of phenolic OH excluding ortho intramolecular Hbond substituents is 2. The smallest absolute Gasteiger partial charge is 0.197 e. The summed E-state index contributed by atoms with van der Waals surface area (Å²) >= 11 is 6.25. The van der Waals surface area contributed by atoms with Crippen molar-refractivity contribution in [1.29, 1.82) is 0 Å². The molecular formula is C21H19ClN2O5.